The third-order valence-corrected chi connectivity index (χ3v) is 6.38. The van der Waals surface area contributed by atoms with Gasteiger partial charge in [0, 0.05) is 75.0 Å². The molecule has 1 aliphatic rings. The Morgan fingerprint density at radius 2 is 1.72 bits per heavy atom. The molecule has 0 bridgehead atoms. The average Bonchev–Trinajstić information content (AvgIpc) is 3.23. The SMILES string of the molecule is Cc1[nH]n(-c2ccc([N+](=O)[O-])cc2)c(=O)c1C=NCCN1CCN(C(=O)/C=C/c2cccc([N+](=O)[O-])c2)CC1. The number of aromatic nitrogens is 2. The number of aliphatic imine (C=N–C) groups is 1. The molecule has 1 amide bonds. The van der Waals surface area contributed by atoms with Crippen LogP contribution < -0.4 is 5.56 Å². The number of carbonyl (C=O) groups excluding carboxylic acids is 1. The zero-order chi connectivity index (χ0) is 27.9. The second-order valence-electron chi connectivity index (χ2n) is 8.95. The lowest BCUT2D eigenvalue weighted by atomic mass is 10.2. The molecule has 0 unspecified atom stereocenters. The minimum Gasteiger partial charge on any atom is -0.337 e. The predicted octanol–water partition coefficient (Wildman–Crippen LogP) is 2.57. The number of benzene rings is 2. The van der Waals surface area contributed by atoms with Crippen LogP contribution in [0.4, 0.5) is 11.4 Å². The van der Waals surface area contributed by atoms with Crippen LogP contribution in [0.5, 0.6) is 0 Å². The highest BCUT2D eigenvalue weighted by Gasteiger charge is 2.19. The number of non-ortho nitro benzene ring substituents is 2. The zero-order valence-corrected chi connectivity index (χ0v) is 21.2. The molecule has 202 valence electrons. The highest BCUT2D eigenvalue weighted by atomic mass is 16.6. The lowest BCUT2D eigenvalue weighted by Gasteiger charge is -2.33. The third-order valence-electron chi connectivity index (χ3n) is 6.38. The van der Waals surface area contributed by atoms with Gasteiger partial charge in [0.25, 0.3) is 16.9 Å². The van der Waals surface area contributed by atoms with Gasteiger partial charge in [-0.05, 0) is 30.7 Å². The van der Waals surface area contributed by atoms with E-state index < -0.39 is 9.85 Å². The molecule has 1 N–H and O–H groups in total. The highest BCUT2D eigenvalue weighted by molar-refractivity contribution is 5.92. The maximum Gasteiger partial charge on any atom is 0.280 e. The van der Waals surface area contributed by atoms with Crippen molar-refractivity contribution in [3.63, 3.8) is 0 Å². The molecule has 13 heteroatoms. The summed E-state index contributed by atoms with van der Waals surface area (Å²) in [6, 6.07) is 11.8. The number of aryl methyl sites for hydroxylation is 1. The molecule has 39 heavy (non-hydrogen) atoms. The molecule has 2 aromatic carbocycles. The number of aromatic amines is 1. The van der Waals surface area contributed by atoms with E-state index in [4.69, 9.17) is 0 Å². The summed E-state index contributed by atoms with van der Waals surface area (Å²) in [7, 11) is 0. The topological polar surface area (TPSA) is 160 Å². The van der Waals surface area contributed by atoms with Crippen molar-refractivity contribution in [1.82, 2.24) is 19.6 Å². The first kappa shape index (κ1) is 27.1. The van der Waals surface area contributed by atoms with Crippen LogP contribution in [0, 0.1) is 27.2 Å². The van der Waals surface area contributed by atoms with Gasteiger partial charge >= 0.3 is 0 Å². The van der Waals surface area contributed by atoms with Gasteiger partial charge in [-0.25, -0.2) is 4.68 Å². The summed E-state index contributed by atoms with van der Waals surface area (Å²) in [6.45, 7) is 5.38. The van der Waals surface area contributed by atoms with E-state index in [1.807, 2.05) is 0 Å². The van der Waals surface area contributed by atoms with Gasteiger partial charge < -0.3 is 4.90 Å². The van der Waals surface area contributed by atoms with Gasteiger partial charge in [-0.3, -0.25) is 44.8 Å². The van der Waals surface area contributed by atoms with Gasteiger partial charge in [0.2, 0.25) is 5.91 Å². The molecular formula is C26H27N7O6. The number of rotatable bonds is 9. The number of carbonyl (C=O) groups is 1. The number of amides is 1. The molecule has 1 aliphatic heterocycles. The van der Waals surface area contributed by atoms with Crippen LogP contribution in [-0.4, -0.2) is 80.8 Å². The summed E-state index contributed by atoms with van der Waals surface area (Å²) < 4.78 is 1.32. The largest absolute Gasteiger partial charge is 0.337 e. The number of piperazine rings is 1. The molecular weight excluding hydrogens is 506 g/mol. The van der Waals surface area contributed by atoms with E-state index in [9.17, 15) is 29.8 Å². The molecule has 13 nitrogen and oxygen atoms in total. The van der Waals surface area contributed by atoms with Crippen molar-refractivity contribution in [1.29, 1.82) is 0 Å². The Morgan fingerprint density at radius 1 is 1.03 bits per heavy atom. The Morgan fingerprint density at radius 3 is 2.38 bits per heavy atom. The van der Waals surface area contributed by atoms with Gasteiger partial charge in [-0.1, -0.05) is 12.1 Å². The normalized spacial score (nSPS) is 14.3. The van der Waals surface area contributed by atoms with Crippen molar-refractivity contribution in [3.8, 4) is 5.69 Å². The highest BCUT2D eigenvalue weighted by Crippen LogP contribution is 2.15. The number of nitrogens with one attached hydrogen (secondary N) is 1. The quantitative estimate of drug-likeness (QED) is 0.191. The van der Waals surface area contributed by atoms with Crippen molar-refractivity contribution >= 4 is 29.6 Å². The zero-order valence-electron chi connectivity index (χ0n) is 21.2. The first-order chi connectivity index (χ1) is 18.7. The van der Waals surface area contributed by atoms with E-state index in [1.54, 1.807) is 30.0 Å². The number of nitrogens with zero attached hydrogens (tertiary/aromatic N) is 6. The second-order valence-corrected chi connectivity index (χ2v) is 8.95. The van der Waals surface area contributed by atoms with Gasteiger partial charge in [0.05, 0.1) is 27.6 Å². The monoisotopic (exact) mass is 533 g/mol. The molecule has 1 aromatic heterocycles. The summed E-state index contributed by atoms with van der Waals surface area (Å²) in [5.74, 6) is -0.147. The Kier molecular flexibility index (Phi) is 8.41. The summed E-state index contributed by atoms with van der Waals surface area (Å²) in [6.07, 6.45) is 4.55. The van der Waals surface area contributed by atoms with Crippen LogP contribution in [0.25, 0.3) is 11.8 Å². The van der Waals surface area contributed by atoms with Gasteiger partial charge in [0.1, 0.15) is 0 Å². The number of H-pyrrole nitrogens is 1. The Hall–Kier alpha value is -4.91. The fraction of sp³-hybridized carbons (Fsp3) is 0.269. The maximum atomic E-state index is 12.8. The summed E-state index contributed by atoms with van der Waals surface area (Å²) in [5.41, 5.74) is 1.75. The maximum absolute atomic E-state index is 12.8. The van der Waals surface area contributed by atoms with Crippen molar-refractivity contribution in [2.75, 3.05) is 39.3 Å². The molecule has 0 spiro atoms. The minimum absolute atomic E-state index is 0.0253. The van der Waals surface area contributed by atoms with E-state index >= 15 is 0 Å². The van der Waals surface area contributed by atoms with Crippen LogP contribution in [0.3, 0.4) is 0 Å². The Bertz CT molecular complexity index is 1480. The Balaban J connectivity index is 1.26. The minimum atomic E-state index is -0.497. The fourth-order valence-corrected chi connectivity index (χ4v) is 4.18. The van der Waals surface area contributed by atoms with Crippen LogP contribution >= 0.6 is 0 Å². The van der Waals surface area contributed by atoms with Crippen LogP contribution in [-0.2, 0) is 4.79 Å². The van der Waals surface area contributed by atoms with Crippen molar-refractivity contribution in [2.24, 2.45) is 4.99 Å². The van der Waals surface area contributed by atoms with Gasteiger partial charge in [0.15, 0.2) is 0 Å². The molecule has 0 saturated carbocycles. The first-order valence-electron chi connectivity index (χ1n) is 12.2. The molecule has 1 fully saturated rings. The molecule has 3 aromatic rings. The lowest BCUT2D eigenvalue weighted by Crippen LogP contribution is -2.48. The average molecular weight is 534 g/mol. The lowest BCUT2D eigenvalue weighted by molar-refractivity contribution is -0.385. The first-order valence-corrected chi connectivity index (χ1v) is 12.2. The molecule has 0 aliphatic carbocycles. The number of nitro groups is 2. The van der Waals surface area contributed by atoms with E-state index in [2.05, 4.69) is 15.0 Å². The molecule has 2 heterocycles. The molecule has 1 saturated heterocycles. The standard InChI is InChI=1S/C26H27N7O6/c1-19-24(26(35)31(28-19)21-6-8-22(9-7-21)32(36)37)18-27-11-12-29-13-15-30(16-14-29)25(34)10-5-20-3-2-4-23(17-20)33(38)39/h2-10,17-18,28H,11-16H2,1H3/b10-5+,27-18?. The number of hydrogen-bond acceptors (Lipinski definition) is 8. The summed E-state index contributed by atoms with van der Waals surface area (Å²) >= 11 is 0. The van der Waals surface area contributed by atoms with E-state index in [-0.39, 0.29) is 22.8 Å². The van der Waals surface area contributed by atoms with Crippen molar-refractivity contribution in [3.05, 3.63) is 102 Å². The van der Waals surface area contributed by atoms with Crippen LogP contribution in [0.2, 0.25) is 0 Å². The number of nitro benzene ring substituents is 2. The number of hydrogen-bond donors (Lipinski definition) is 1. The smallest absolute Gasteiger partial charge is 0.280 e. The van der Waals surface area contributed by atoms with Crippen molar-refractivity contribution in [2.45, 2.75) is 6.92 Å². The van der Waals surface area contributed by atoms with Crippen molar-refractivity contribution < 1.29 is 14.6 Å². The second kappa shape index (κ2) is 12.1. The van der Waals surface area contributed by atoms with Crippen LogP contribution in [0.1, 0.15) is 16.8 Å². The van der Waals surface area contributed by atoms with Crippen LogP contribution in [0.15, 0.2) is 64.4 Å². The third kappa shape index (κ3) is 6.70. The predicted molar refractivity (Wildman–Crippen MR) is 145 cm³/mol. The van der Waals surface area contributed by atoms with Gasteiger partial charge in [-0.15, -0.1) is 0 Å². The van der Waals surface area contributed by atoms with E-state index in [1.165, 1.54) is 53.4 Å². The fourth-order valence-electron chi connectivity index (χ4n) is 4.18. The van der Waals surface area contributed by atoms with Gasteiger partial charge in [-0.2, -0.15) is 0 Å². The summed E-state index contributed by atoms with van der Waals surface area (Å²) in [5, 5.41) is 24.7. The molecule has 0 radical (unpaired) electrons. The molecule has 4 rings (SSSR count). The van der Waals surface area contributed by atoms with E-state index in [0.29, 0.717) is 61.8 Å². The summed E-state index contributed by atoms with van der Waals surface area (Å²) in [4.78, 5) is 54.5. The molecule has 0 atom stereocenters. The Labute approximate surface area is 223 Å². The van der Waals surface area contributed by atoms with E-state index in [0.717, 1.165) is 0 Å².